The minimum absolute atomic E-state index is 1.07. The lowest BCUT2D eigenvalue weighted by Crippen LogP contribution is -2.13. The standard InChI is InChI=1S/C16H15N2/c1-2-4-16-12(3-1)8-10-18(16)14-5-6-15-13(11-14)7-9-17-15/h1,3-6,11,17H,7-10H2. The lowest BCUT2D eigenvalue weighted by Gasteiger charge is -2.20. The molecular formula is C16H15N2. The van der Waals surface area contributed by atoms with E-state index >= 15 is 0 Å². The van der Waals surface area contributed by atoms with Crippen LogP contribution in [0.4, 0.5) is 17.1 Å². The van der Waals surface area contributed by atoms with Crippen molar-refractivity contribution in [2.75, 3.05) is 23.3 Å². The third-order valence-electron chi connectivity index (χ3n) is 3.94. The van der Waals surface area contributed by atoms with Crippen molar-refractivity contribution in [1.29, 1.82) is 0 Å². The van der Waals surface area contributed by atoms with Crippen LogP contribution < -0.4 is 10.2 Å². The van der Waals surface area contributed by atoms with E-state index < -0.39 is 0 Å². The predicted octanol–water partition coefficient (Wildman–Crippen LogP) is 3.15. The number of benzene rings is 2. The van der Waals surface area contributed by atoms with Gasteiger partial charge >= 0.3 is 0 Å². The molecule has 0 unspecified atom stereocenters. The summed E-state index contributed by atoms with van der Waals surface area (Å²) in [4.78, 5) is 2.41. The number of fused-ring (bicyclic) bond motifs is 2. The molecule has 0 saturated carbocycles. The fourth-order valence-corrected chi connectivity index (χ4v) is 3.00. The molecule has 4 rings (SSSR count). The van der Waals surface area contributed by atoms with Crippen LogP contribution in [-0.4, -0.2) is 13.1 Å². The SMILES string of the molecule is [c]1ccc2c(c1)N(c1ccc3c(c1)CCN3)CC2. The summed E-state index contributed by atoms with van der Waals surface area (Å²) >= 11 is 0. The Balaban J connectivity index is 1.77. The van der Waals surface area contributed by atoms with E-state index in [9.17, 15) is 0 Å². The largest absolute Gasteiger partial charge is 0.384 e. The highest BCUT2D eigenvalue weighted by molar-refractivity contribution is 5.72. The van der Waals surface area contributed by atoms with E-state index in [-0.39, 0.29) is 0 Å². The van der Waals surface area contributed by atoms with Gasteiger partial charge in [-0.25, -0.2) is 0 Å². The minimum Gasteiger partial charge on any atom is -0.384 e. The molecule has 0 amide bonds. The highest BCUT2D eigenvalue weighted by Gasteiger charge is 2.21. The topological polar surface area (TPSA) is 15.3 Å². The molecule has 0 spiro atoms. The Hall–Kier alpha value is -1.96. The van der Waals surface area contributed by atoms with Crippen LogP contribution in [0.1, 0.15) is 11.1 Å². The van der Waals surface area contributed by atoms with Crippen LogP contribution >= 0.6 is 0 Å². The second-order valence-corrected chi connectivity index (χ2v) is 4.97. The van der Waals surface area contributed by atoms with Gasteiger partial charge < -0.3 is 10.2 Å². The summed E-state index contributed by atoms with van der Waals surface area (Å²) in [7, 11) is 0. The zero-order valence-corrected chi connectivity index (χ0v) is 10.2. The van der Waals surface area contributed by atoms with Crippen molar-refractivity contribution in [3.8, 4) is 0 Å². The Labute approximate surface area is 107 Å². The molecule has 0 aliphatic carbocycles. The molecule has 18 heavy (non-hydrogen) atoms. The van der Waals surface area contributed by atoms with Gasteiger partial charge in [0.05, 0.1) is 0 Å². The molecule has 1 N–H and O–H groups in total. The number of nitrogens with one attached hydrogen (secondary N) is 1. The van der Waals surface area contributed by atoms with Crippen molar-refractivity contribution in [3.05, 3.63) is 53.6 Å². The van der Waals surface area contributed by atoms with Crippen LogP contribution in [0.15, 0.2) is 36.4 Å². The Bertz CT molecular complexity index is 604. The van der Waals surface area contributed by atoms with Gasteiger partial charge in [-0.3, -0.25) is 0 Å². The molecule has 0 bridgehead atoms. The lowest BCUT2D eigenvalue weighted by atomic mass is 10.1. The first-order valence-electron chi connectivity index (χ1n) is 6.55. The Morgan fingerprint density at radius 2 is 2.11 bits per heavy atom. The van der Waals surface area contributed by atoms with Gasteiger partial charge in [-0.05, 0) is 54.3 Å². The molecule has 2 nitrogen and oxygen atoms in total. The van der Waals surface area contributed by atoms with Crippen molar-refractivity contribution >= 4 is 17.1 Å². The average Bonchev–Trinajstić information content (AvgIpc) is 3.04. The molecule has 2 aliphatic heterocycles. The maximum Gasteiger partial charge on any atom is 0.0450 e. The van der Waals surface area contributed by atoms with E-state index in [1.165, 1.54) is 28.2 Å². The molecule has 2 heterocycles. The van der Waals surface area contributed by atoms with Gasteiger partial charge in [-0.15, -0.1) is 0 Å². The monoisotopic (exact) mass is 235 g/mol. The van der Waals surface area contributed by atoms with E-state index in [4.69, 9.17) is 0 Å². The lowest BCUT2D eigenvalue weighted by molar-refractivity contribution is 0.996. The summed E-state index contributed by atoms with van der Waals surface area (Å²) in [6, 6.07) is 16.3. The summed E-state index contributed by atoms with van der Waals surface area (Å²) in [5, 5.41) is 3.41. The smallest absolute Gasteiger partial charge is 0.0450 e. The fourth-order valence-electron chi connectivity index (χ4n) is 3.00. The number of anilines is 3. The van der Waals surface area contributed by atoms with Crippen LogP contribution in [0.25, 0.3) is 0 Å². The number of hydrogen-bond donors (Lipinski definition) is 1. The van der Waals surface area contributed by atoms with Gasteiger partial charge in [0.2, 0.25) is 0 Å². The number of rotatable bonds is 1. The molecule has 2 aromatic carbocycles. The molecule has 0 atom stereocenters. The van der Waals surface area contributed by atoms with Crippen LogP contribution in [0.3, 0.4) is 0 Å². The Morgan fingerprint density at radius 1 is 1.11 bits per heavy atom. The second kappa shape index (κ2) is 3.77. The molecule has 0 saturated heterocycles. The maximum atomic E-state index is 3.41. The molecule has 89 valence electrons. The zero-order chi connectivity index (χ0) is 11.9. The molecule has 0 fully saturated rings. The quantitative estimate of drug-likeness (QED) is 0.817. The van der Waals surface area contributed by atoms with Crippen LogP contribution in [0, 0.1) is 6.07 Å². The average molecular weight is 235 g/mol. The maximum absolute atomic E-state index is 3.41. The van der Waals surface area contributed by atoms with E-state index in [1.54, 1.807) is 0 Å². The summed E-state index contributed by atoms with van der Waals surface area (Å²) in [6.07, 6.45) is 2.28. The highest BCUT2D eigenvalue weighted by Crippen LogP contribution is 2.36. The van der Waals surface area contributed by atoms with Crippen molar-refractivity contribution in [2.24, 2.45) is 0 Å². The minimum atomic E-state index is 1.07. The van der Waals surface area contributed by atoms with Crippen LogP contribution in [-0.2, 0) is 12.8 Å². The van der Waals surface area contributed by atoms with Crippen LogP contribution in [0.2, 0.25) is 0 Å². The molecule has 2 aliphatic rings. The Kier molecular flexibility index (Phi) is 2.10. The summed E-state index contributed by atoms with van der Waals surface area (Å²) in [5.41, 5.74) is 6.82. The van der Waals surface area contributed by atoms with E-state index in [0.717, 1.165) is 25.9 Å². The molecule has 0 aromatic heterocycles. The predicted molar refractivity (Wildman–Crippen MR) is 74.6 cm³/mol. The van der Waals surface area contributed by atoms with Crippen molar-refractivity contribution in [2.45, 2.75) is 12.8 Å². The second-order valence-electron chi connectivity index (χ2n) is 4.97. The number of nitrogens with zero attached hydrogens (tertiary/aromatic N) is 1. The van der Waals surface area contributed by atoms with Crippen molar-refractivity contribution < 1.29 is 0 Å². The molecule has 2 heteroatoms. The first kappa shape index (κ1) is 10.0. The summed E-state index contributed by atoms with van der Waals surface area (Å²) in [6.45, 7) is 2.16. The van der Waals surface area contributed by atoms with Crippen LogP contribution in [0.5, 0.6) is 0 Å². The van der Waals surface area contributed by atoms with Crippen molar-refractivity contribution in [3.63, 3.8) is 0 Å². The van der Waals surface area contributed by atoms with Crippen molar-refractivity contribution in [1.82, 2.24) is 0 Å². The van der Waals surface area contributed by atoms with E-state index in [2.05, 4.69) is 46.6 Å². The van der Waals surface area contributed by atoms with Gasteiger partial charge in [-0.2, -0.15) is 0 Å². The van der Waals surface area contributed by atoms with Gasteiger partial charge in [-0.1, -0.05) is 12.1 Å². The van der Waals surface area contributed by atoms with Gasteiger partial charge in [0.25, 0.3) is 0 Å². The normalized spacial score (nSPS) is 16.3. The van der Waals surface area contributed by atoms with Gasteiger partial charge in [0.15, 0.2) is 0 Å². The zero-order valence-electron chi connectivity index (χ0n) is 10.2. The Morgan fingerprint density at radius 3 is 3.11 bits per heavy atom. The number of hydrogen-bond acceptors (Lipinski definition) is 2. The highest BCUT2D eigenvalue weighted by atomic mass is 15.2. The van der Waals surface area contributed by atoms with E-state index in [0.29, 0.717) is 0 Å². The first-order chi connectivity index (χ1) is 8.92. The summed E-state index contributed by atoms with van der Waals surface area (Å²) < 4.78 is 0. The van der Waals surface area contributed by atoms with Gasteiger partial charge in [0.1, 0.15) is 0 Å². The first-order valence-corrected chi connectivity index (χ1v) is 6.55. The molecular weight excluding hydrogens is 220 g/mol. The van der Waals surface area contributed by atoms with Gasteiger partial charge in [0, 0.05) is 30.2 Å². The third kappa shape index (κ3) is 1.42. The molecule has 1 radical (unpaired) electrons. The third-order valence-corrected chi connectivity index (χ3v) is 3.94. The fraction of sp³-hybridized carbons (Fsp3) is 0.250. The summed E-state index contributed by atoms with van der Waals surface area (Å²) in [5.74, 6) is 0. The molecule has 2 aromatic rings. The van der Waals surface area contributed by atoms with E-state index in [1.807, 2.05) is 6.07 Å².